The summed E-state index contributed by atoms with van der Waals surface area (Å²) >= 11 is 0. The molecule has 0 bridgehead atoms. The first-order valence-corrected chi connectivity index (χ1v) is 9.05. The summed E-state index contributed by atoms with van der Waals surface area (Å²) in [5, 5.41) is 2.77. The van der Waals surface area contributed by atoms with Gasteiger partial charge in [-0.25, -0.2) is 0 Å². The van der Waals surface area contributed by atoms with Gasteiger partial charge in [-0.2, -0.15) is 0 Å². The van der Waals surface area contributed by atoms with Crippen LogP contribution in [-0.2, 0) is 9.59 Å². The van der Waals surface area contributed by atoms with Gasteiger partial charge < -0.3 is 20.7 Å². The number of hydrogen-bond acceptors (Lipinski definition) is 5. The fraction of sp³-hybridized carbons (Fsp3) is 0.526. The third-order valence-corrected chi connectivity index (χ3v) is 5.15. The van der Waals surface area contributed by atoms with Crippen molar-refractivity contribution in [2.45, 2.75) is 32.8 Å². The normalized spacial score (nSPS) is 21.4. The van der Waals surface area contributed by atoms with Gasteiger partial charge in [0.2, 0.25) is 5.91 Å². The number of Topliss-reactive ketones (excluding diaryl/α,β-unsaturated/α-hetero) is 1. The maximum Gasteiger partial charge on any atom is 0.265 e. The summed E-state index contributed by atoms with van der Waals surface area (Å²) in [5.41, 5.74) is 6.65. The second-order valence-corrected chi connectivity index (χ2v) is 7.06. The number of rotatable bonds is 4. The molecule has 3 rings (SSSR count). The van der Waals surface area contributed by atoms with Crippen molar-refractivity contribution in [3.8, 4) is 5.75 Å². The van der Waals surface area contributed by atoms with Crippen LogP contribution in [0.5, 0.6) is 5.75 Å². The first kappa shape index (κ1) is 18.4. The van der Waals surface area contributed by atoms with Gasteiger partial charge in [0, 0.05) is 37.0 Å². The van der Waals surface area contributed by atoms with Crippen LogP contribution in [0.3, 0.4) is 0 Å². The molecule has 3 N–H and O–H groups in total. The van der Waals surface area contributed by atoms with Crippen LogP contribution in [0.25, 0.3) is 0 Å². The lowest BCUT2D eigenvalue weighted by molar-refractivity contribution is -0.135. The third kappa shape index (κ3) is 3.58. The molecule has 0 spiro atoms. The number of amides is 2. The molecule has 7 nitrogen and oxygen atoms in total. The van der Waals surface area contributed by atoms with Crippen LogP contribution in [0, 0.1) is 11.8 Å². The van der Waals surface area contributed by atoms with E-state index < -0.39 is 6.10 Å². The van der Waals surface area contributed by atoms with E-state index in [-0.39, 0.29) is 29.4 Å². The van der Waals surface area contributed by atoms with E-state index in [2.05, 4.69) is 5.32 Å². The van der Waals surface area contributed by atoms with E-state index in [0.29, 0.717) is 49.5 Å². The van der Waals surface area contributed by atoms with Gasteiger partial charge in [0.1, 0.15) is 5.75 Å². The van der Waals surface area contributed by atoms with Crippen molar-refractivity contribution in [3.63, 3.8) is 0 Å². The standard InChI is InChI=1S/C19H25N3O4/c1-11(10-20)19(25)22-7-5-13(6-8-22)17(23)14-3-4-16-15(9-14)21-18(24)12(2)26-16/h3-4,9,11-13H,5-8,10,20H2,1-2H3,(H,21,24). The highest BCUT2D eigenvalue weighted by molar-refractivity contribution is 6.02. The topological polar surface area (TPSA) is 102 Å². The fourth-order valence-electron chi connectivity index (χ4n) is 3.37. The largest absolute Gasteiger partial charge is 0.479 e. The van der Waals surface area contributed by atoms with E-state index in [9.17, 15) is 14.4 Å². The number of carbonyl (C=O) groups excluding carboxylic acids is 3. The average molecular weight is 359 g/mol. The van der Waals surface area contributed by atoms with Gasteiger partial charge in [-0.3, -0.25) is 14.4 Å². The van der Waals surface area contributed by atoms with E-state index in [1.54, 1.807) is 30.0 Å². The van der Waals surface area contributed by atoms with Crippen LogP contribution in [0.1, 0.15) is 37.0 Å². The average Bonchev–Trinajstić information content (AvgIpc) is 2.67. The highest BCUT2D eigenvalue weighted by Crippen LogP contribution is 2.32. The minimum atomic E-state index is -0.540. The molecule has 2 unspecified atom stereocenters. The van der Waals surface area contributed by atoms with E-state index >= 15 is 0 Å². The molecule has 0 radical (unpaired) electrons. The van der Waals surface area contributed by atoms with Crippen molar-refractivity contribution in [2.75, 3.05) is 25.0 Å². The number of ether oxygens (including phenoxy) is 1. The van der Waals surface area contributed by atoms with Gasteiger partial charge in [-0.1, -0.05) is 6.92 Å². The lowest BCUT2D eigenvalue weighted by Crippen LogP contribution is -2.44. The highest BCUT2D eigenvalue weighted by Gasteiger charge is 2.30. The number of nitrogens with two attached hydrogens (primary N) is 1. The number of anilines is 1. The van der Waals surface area contributed by atoms with Crippen molar-refractivity contribution >= 4 is 23.3 Å². The van der Waals surface area contributed by atoms with Crippen LogP contribution in [0.2, 0.25) is 0 Å². The highest BCUT2D eigenvalue weighted by atomic mass is 16.5. The van der Waals surface area contributed by atoms with E-state index in [4.69, 9.17) is 10.5 Å². The summed E-state index contributed by atoms with van der Waals surface area (Å²) in [5.74, 6) is 0.145. The van der Waals surface area contributed by atoms with E-state index in [0.717, 1.165) is 0 Å². The molecule has 0 saturated carbocycles. The first-order valence-electron chi connectivity index (χ1n) is 9.05. The quantitative estimate of drug-likeness (QED) is 0.792. The van der Waals surface area contributed by atoms with Crippen molar-refractivity contribution in [1.82, 2.24) is 4.90 Å². The molecule has 26 heavy (non-hydrogen) atoms. The van der Waals surface area contributed by atoms with Crippen LogP contribution >= 0.6 is 0 Å². The lowest BCUT2D eigenvalue weighted by atomic mass is 9.88. The zero-order valence-corrected chi connectivity index (χ0v) is 15.2. The maximum atomic E-state index is 12.8. The Morgan fingerprint density at radius 3 is 2.69 bits per heavy atom. The Balaban J connectivity index is 1.65. The van der Waals surface area contributed by atoms with Crippen LogP contribution in [0.15, 0.2) is 18.2 Å². The second kappa shape index (κ2) is 7.45. The molecular weight excluding hydrogens is 334 g/mol. The Bertz CT molecular complexity index is 725. The minimum Gasteiger partial charge on any atom is -0.479 e. The monoisotopic (exact) mass is 359 g/mol. The third-order valence-electron chi connectivity index (χ3n) is 5.15. The summed E-state index contributed by atoms with van der Waals surface area (Å²) < 4.78 is 5.52. The number of carbonyl (C=O) groups is 3. The van der Waals surface area contributed by atoms with Crippen molar-refractivity contribution in [2.24, 2.45) is 17.6 Å². The summed E-state index contributed by atoms with van der Waals surface area (Å²) in [6.45, 7) is 4.98. The SMILES string of the molecule is CC(CN)C(=O)N1CCC(C(=O)c2ccc3c(c2)NC(=O)C(C)O3)CC1. The summed E-state index contributed by atoms with van der Waals surface area (Å²) in [6, 6.07) is 5.13. The van der Waals surface area contributed by atoms with Gasteiger partial charge >= 0.3 is 0 Å². The van der Waals surface area contributed by atoms with Crippen LogP contribution in [-0.4, -0.2) is 48.2 Å². The number of nitrogens with one attached hydrogen (secondary N) is 1. The number of ketones is 1. The predicted octanol–water partition coefficient (Wildman–Crippen LogP) is 1.42. The molecule has 2 atom stereocenters. The molecule has 7 heteroatoms. The molecule has 1 aromatic carbocycles. The van der Waals surface area contributed by atoms with Gasteiger partial charge in [0.15, 0.2) is 11.9 Å². The van der Waals surface area contributed by atoms with Crippen LogP contribution in [0.4, 0.5) is 5.69 Å². The number of fused-ring (bicyclic) bond motifs is 1. The molecule has 1 aromatic rings. The van der Waals surface area contributed by atoms with Gasteiger partial charge in [-0.05, 0) is 38.0 Å². The molecule has 0 aliphatic carbocycles. The molecule has 2 amide bonds. The molecule has 2 aliphatic heterocycles. The number of piperidine rings is 1. The lowest BCUT2D eigenvalue weighted by Gasteiger charge is -2.33. The summed E-state index contributed by atoms with van der Waals surface area (Å²) in [6.07, 6.45) is 0.736. The Morgan fingerprint density at radius 1 is 1.35 bits per heavy atom. The van der Waals surface area contributed by atoms with Gasteiger partial charge in [0.05, 0.1) is 5.69 Å². The second-order valence-electron chi connectivity index (χ2n) is 7.06. The Labute approximate surface area is 152 Å². The number of nitrogens with zero attached hydrogens (tertiary/aromatic N) is 1. The molecular formula is C19H25N3O4. The summed E-state index contributed by atoms with van der Waals surface area (Å²) in [4.78, 5) is 38.6. The van der Waals surface area contributed by atoms with E-state index in [1.807, 2.05) is 6.92 Å². The zero-order valence-electron chi connectivity index (χ0n) is 15.2. The number of hydrogen-bond donors (Lipinski definition) is 2. The van der Waals surface area contributed by atoms with Crippen molar-refractivity contribution < 1.29 is 19.1 Å². The molecule has 1 saturated heterocycles. The van der Waals surface area contributed by atoms with Gasteiger partial charge in [0.25, 0.3) is 5.91 Å². The van der Waals surface area contributed by atoms with E-state index in [1.165, 1.54) is 0 Å². The first-order chi connectivity index (χ1) is 12.4. The molecule has 140 valence electrons. The van der Waals surface area contributed by atoms with Crippen LogP contribution < -0.4 is 15.8 Å². The predicted molar refractivity (Wildman–Crippen MR) is 97.0 cm³/mol. The number of likely N-dealkylation sites (tertiary alicyclic amines) is 1. The Kier molecular flexibility index (Phi) is 5.27. The number of benzene rings is 1. The maximum absolute atomic E-state index is 12.8. The minimum absolute atomic E-state index is 0.0413. The fourth-order valence-corrected chi connectivity index (χ4v) is 3.37. The van der Waals surface area contributed by atoms with Gasteiger partial charge in [-0.15, -0.1) is 0 Å². The Hall–Kier alpha value is -2.41. The molecule has 2 heterocycles. The van der Waals surface area contributed by atoms with Crippen molar-refractivity contribution in [3.05, 3.63) is 23.8 Å². The van der Waals surface area contributed by atoms with Crippen molar-refractivity contribution in [1.29, 1.82) is 0 Å². The molecule has 0 aromatic heterocycles. The smallest absolute Gasteiger partial charge is 0.265 e. The molecule has 1 fully saturated rings. The molecule has 2 aliphatic rings. The zero-order chi connectivity index (χ0) is 18.8. The summed E-state index contributed by atoms with van der Waals surface area (Å²) in [7, 11) is 0. The Morgan fingerprint density at radius 2 is 2.04 bits per heavy atom.